The van der Waals surface area contributed by atoms with E-state index in [4.69, 9.17) is 17.4 Å². The van der Waals surface area contributed by atoms with Crippen LogP contribution in [0.5, 0.6) is 0 Å². The van der Waals surface area contributed by atoms with Crippen LogP contribution in [-0.2, 0) is 7.05 Å². The van der Waals surface area contributed by atoms with Crippen molar-refractivity contribution in [2.75, 3.05) is 0 Å². The van der Waals surface area contributed by atoms with E-state index in [1.54, 1.807) is 4.68 Å². The van der Waals surface area contributed by atoms with Gasteiger partial charge in [-0.3, -0.25) is 10.5 Å². The van der Waals surface area contributed by atoms with Crippen LogP contribution >= 0.6 is 11.6 Å². The number of hydrogen-bond donors (Lipinski definition) is 2. The first-order chi connectivity index (χ1) is 8.11. The van der Waals surface area contributed by atoms with Crippen molar-refractivity contribution in [3.8, 4) is 0 Å². The van der Waals surface area contributed by atoms with E-state index < -0.39 is 0 Å². The number of nitrogens with one attached hydrogen (secondary N) is 1. The summed E-state index contributed by atoms with van der Waals surface area (Å²) in [6, 6.07) is 7.66. The maximum Gasteiger partial charge on any atom is 0.0900 e. The summed E-state index contributed by atoms with van der Waals surface area (Å²) in [7, 11) is 1.88. The number of benzene rings is 1. The largest absolute Gasteiger partial charge is 0.275 e. The molecular weight excluding hydrogens is 236 g/mol. The molecule has 2 rings (SSSR count). The molecule has 1 atom stereocenters. The fourth-order valence-corrected chi connectivity index (χ4v) is 1.90. The van der Waals surface area contributed by atoms with Gasteiger partial charge in [0.15, 0.2) is 0 Å². The van der Waals surface area contributed by atoms with Gasteiger partial charge < -0.3 is 0 Å². The summed E-state index contributed by atoms with van der Waals surface area (Å²) in [4.78, 5) is 0. The Kier molecular flexibility index (Phi) is 3.47. The fourth-order valence-electron chi connectivity index (χ4n) is 1.79. The predicted molar refractivity (Wildman–Crippen MR) is 68.6 cm³/mol. The van der Waals surface area contributed by atoms with Gasteiger partial charge in [0.05, 0.1) is 11.7 Å². The Morgan fingerprint density at radius 2 is 2.18 bits per heavy atom. The van der Waals surface area contributed by atoms with Gasteiger partial charge in [0.1, 0.15) is 0 Å². The van der Waals surface area contributed by atoms with Crippen LogP contribution < -0.4 is 11.3 Å². The van der Waals surface area contributed by atoms with Crippen LogP contribution in [-0.4, -0.2) is 9.78 Å². The average molecular weight is 251 g/mol. The number of halogens is 1. The molecule has 0 aliphatic carbocycles. The standard InChI is InChI=1S/C12H15ClN4/c1-8-7-9(3-4-10(8)13)12(15-14)11-5-6-17(2)16-11/h3-7,12,15H,14H2,1-2H3. The maximum atomic E-state index is 6.01. The van der Waals surface area contributed by atoms with Gasteiger partial charge in [-0.2, -0.15) is 5.10 Å². The normalized spacial score (nSPS) is 12.7. The minimum atomic E-state index is -0.118. The minimum absolute atomic E-state index is 0.118. The molecule has 0 saturated heterocycles. The summed E-state index contributed by atoms with van der Waals surface area (Å²) in [5, 5.41) is 5.11. The Balaban J connectivity index is 2.38. The van der Waals surface area contributed by atoms with E-state index in [1.807, 2.05) is 44.4 Å². The topological polar surface area (TPSA) is 55.9 Å². The van der Waals surface area contributed by atoms with Crippen LogP contribution in [0.15, 0.2) is 30.5 Å². The van der Waals surface area contributed by atoms with Crippen LogP contribution in [0.25, 0.3) is 0 Å². The molecule has 0 fully saturated rings. The number of nitrogens with two attached hydrogens (primary N) is 1. The van der Waals surface area contributed by atoms with Crippen molar-refractivity contribution in [2.45, 2.75) is 13.0 Å². The molecule has 0 radical (unpaired) electrons. The Labute approximate surface area is 105 Å². The zero-order valence-electron chi connectivity index (χ0n) is 9.81. The fraction of sp³-hybridized carbons (Fsp3) is 0.250. The van der Waals surface area contributed by atoms with E-state index in [1.165, 1.54) is 0 Å². The van der Waals surface area contributed by atoms with Crippen LogP contribution in [0.2, 0.25) is 5.02 Å². The van der Waals surface area contributed by atoms with Gasteiger partial charge in [-0.25, -0.2) is 5.43 Å². The van der Waals surface area contributed by atoms with Gasteiger partial charge in [0.25, 0.3) is 0 Å². The second kappa shape index (κ2) is 4.87. The first-order valence-electron chi connectivity index (χ1n) is 5.33. The SMILES string of the molecule is Cc1cc(C(NN)c2ccn(C)n2)ccc1Cl. The molecule has 0 spiro atoms. The zero-order valence-corrected chi connectivity index (χ0v) is 10.6. The van der Waals surface area contributed by atoms with Gasteiger partial charge in [-0.05, 0) is 30.2 Å². The molecule has 1 unspecified atom stereocenters. The first-order valence-corrected chi connectivity index (χ1v) is 5.71. The second-order valence-electron chi connectivity index (χ2n) is 4.02. The lowest BCUT2D eigenvalue weighted by Crippen LogP contribution is -2.29. The third-order valence-electron chi connectivity index (χ3n) is 2.71. The summed E-state index contributed by atoms with van der Waals surface area (Å²) in [5.41, 5.74) is 5.74. The van der Waals surface area contributed by atoms with E-state index in [0.717, 1.165) is 21.8 Å². The van der Waals surface area contributed by atoms with Crippen LogP contribution in [0.4, 0.5) is 0 Å². The average Bonchev–Trinajstić information content (AvgIpc) is 2.71. The highest BCUT2D eigenvalue weighted by atomic mass is 35.5. The molecule has 5 heteroatoms. The smallest absolute Gasteiger partial charge is 0.0900 e. The van der Waals surface area contributed by atoms with Crippen molar-refractivity contribution >= 4 is 11.6 Å². The monoisotopic (exact) mass is 250 g/mol. The van der Waals surface area contributed by atoms with E-state index in [0.29, 0.717) is 0 Å². The lowest BCUT2D eigenvalue weighted by molar-refractivity contribution is 0.603. The van der Waals surface area contributed by atoms with Crippen molar-refractivity contribution < 1.29 is 0 Å². The molecule has 0 amide bonds. The van der Waals surface area contributed by atoms with E-state index in [2.05, 4.69) is 10.5 Å². The van der Waals surface area contributed by atoms with Gasteiger partial charge >= 0.3 is 0 Å². The lowest BCUT2D eigenvalue weighted by atomic mass is 10.0. The number of rotatable bonds is 3. The number of aromatic nitrogens is 2. The van der Waals surface area contributed by atoms with Crippen molar-refractivity contribution in [1.82, 2.24) is 15.2 Å². The summed E-state index contributed by atoms with van der Waals surface area (Å²) < 4.78 is 1.75. The first kappa shape index (κ1) is 12.1. The van der Waals surface area contributed by atoms with Crippen LogP contribution in [0.3, 0.4) is 0 Å². The quantitative estimate of drug-likeness (QED) is 0.647. The highest BCUT2D eigenvalue weighted by Crippen LogP contribution is 2.24. The third-order valence-corrected chi connectivity index (χ3v) is 3.14. The van der Waals surface area contributed by atoms with Crippen molar-refractivity contribution in [3.05, 3.63) is 52.3 Å². The van der Waals surface area contributed by atoms with Gasteiger partial charge in [-0.1, -0.05) is 23.7 Å². The molecule has 17 heavy (non-hydrogen) atoms. The Morgan fingerprint density at radius 1 is 1.41 bits per heavy atom. The molecule has 0 saturated carbocycles. The molecule has 90 valence electrons. The summed E-state index contributed by atoms with van der Waals surface area (Å²) in [6.45, 7) is 1.97. The highest BCUT2D eigenvalue weighted by Gasteiger charge is 2.15. The molecule has 1 aromatic heterocycles. The lowest BCUT2D eigenvalue weighted by Gasteiger charge is -2.15. The molecule has 0 aliphatic rings. The molecule has 0 bridgehead atoms. The van der Waals surface area contributed by atoms with Gasteiger partial charge in [-0.15, -0.1) is 0 Å². The molecule has 3 N–H and O–H groups in total. The van der Waals surface area contributed by atoms with Gasteiger partial charge in [0, 0.05) is 18.3 Å². The maximum absolute atomic E-state index is 6.01. The van der Waals surface area contributed by atoms with E-state index >= 15 is 0 Å². The van der Waals surface area contributed by atoms with Crippen LogP contribution in [0, 0.1) is 6.92 Å². The highest BCUT2D eigenvalue weighted by molar-refractivity contribution is 6.31. The Hall–Kier alpha value is -1.36. The van der Waals surface area contributed by atoms with Crippen molar-refractivity contribution in [3.63, 3.8) is 0 Å². The van der Waals surface area contributed by atoms with Crippen molar-refractivity contribution in [1.29, 1.82) is 0 Å². The number of hydrogen-bond acceptors (Lipinski definition) is 3. The molecule has 2 aromatic rings. The molecule has 0 aliphatic heterocycles. The molecular formula is C12H15ClN4. The minimum Gasteiger partial charge on any atom is -0.275 e. The van der Waals surface area contributed by atoms with E-state index in [9.17, 15) is 0 Å². The Morgan fingerprint density at radius 3 is 2.71 bits per heavy atom. The number of aryl methyl sites for hydroxylation is 2. The molecule has 1 heterocycles. The van der Waals surface area contributed by atoms with Crippen molar-refractivity contribution in [2.24, 2.45) is 12.9 Å². The number of hydrazine groups is 1. The number of nitrogens with zero attached hydrogens (tertiary/aromatic N) is 2. The third kappa shape index (κ3) is 2.49. The second-order valence-corrected chi connectivity index (χ2v) is 4.43. The molecule has 4 nitrogen and oxygen atoms in total. The summed E-state index contributed by atoms with van der Waals surface area (Å²) >= 11 is 6.01. The Bertz CT molecular complexity index is 521. The zero-order chi connectivity index (χ0) is 12.4. The van der Waals surface area contributed by atoms with E-state index in [-0.39, 0.29) is 6.04 Å². The predicted octanol–water partition coefficient (Wildman–Crippen LogP) is 1.93. The molecule has 1 aromatic carbocycles. The van der Waals surface area contributed by atoms with Gasteiger partial charge in [0.2, 0.25) is 0 Å². The summed E-state index contributed by atoms with van der Waals surface area (Å²) in [5.74, 6) is 5.60. The summed E-state index contributed by atoms with van der Waals surface area (Å²) in [6.07, 6.45) is 1.89. The van der Waals surface area contributed by atoms with Crippen LogP contribution in [0.1, 0.15) is 22.9 Å².